The number of aliphatic hydroxyl groups is 3. The van der Waals surface area contributed by atoms with Crippen LogP contribution in [-0.2, 0) is 4.79 Å². The Morgan fingerprint density at radius 3 is 2.21 bits per heavy atom. The number of nitrogens with zero attached hydrogens (tertiary/aromatic N) is 1. The monoisotopic (exact) mass is 481 g/mol. The van der Waals surface area contributed by atoms with E-state index in [2.05, 4.69) is 49.0 Å². The van der Waals surface area contributed by atoms with Gasteiger partial charge in [-0.25, -0.2) is 0 Å². The van der Waals surface area contributed by atoms with Crippen LogP contribution in [0.25, 0.3) is 0 Å². The molecule has 11 atom stereocenters. The summed E-state index contributed by atoms with van der Waals surface area (Å²) in [6.45, 7) is 6.67. The summed E-state index contributed by atoms with van der Waals surface area (Å²) in [4.78, 5) is 11.0. The first-order valence-corrected chi connectivity index (χ1v) is 13.6. The molecular weight excluding hydrogens is 430 g/mol. The topological polar surface area (TPSA) is 101 Å². The molecule has 4 saturated carbocycles. The van der Waals surface area contributed by atoms with Gasteiger partial charge in [-0.05, 0) is 104 Å². The summed E-state index contributed by atoms with van der Waals surface area (Å²) in [6.07, 6.45) is 5.72. The minimum Gasteiger partial charge on any atom is -0.550 e. The van der Waals surface area contributed by atoms with Gasteiger partial charge in [0.25, 0.3) is 0 Å². The third-order valence-electron chi connectivity index (χ3n) is 10.3. The first-order chi connectivity index (χ1) is 15.6. The maximum Gasteiger partial charge on any atom is 0.0675 e. The number of hydrogen-bond donors (Lipinski definition) is 3. The van der Waals surface area contributed by atoms with Gasteiger partial charge in [0.1, 0.15) is 0 Å². The molecule has 0 amide bonds. The minimum atomic E-state index is -0.998. The van der Waals surface area contributed by atoms with Crippen LogP contribution in [0.15, 0.2) is 0 Å². The predicted molar refractivity (Wildman–Crippen MR) is 131 cm³/mol. The molecule has 4 aliphatic rings. The Kier molecular flexibility index (Phi) is 8.19. The Labute approximate surface area is 207 Å². The lowest BCUT2D eigenvalue weighted by Crippen LogP contribution is -2.62. The first kappa shape index (κ1) is 27.9. The maximum absolute atomic E-state index is 11.5. The van der Waals surface area contributed by atoms with Crippen LogP contribution < -0.4 is 5.11 Å². The number of rotatable bonds is 4. The lowest BCUT2D eigenvalue weighted by molar-refractivity contribution is -0.849. The molecule has 0 spiro atoms. The molecule has 0 aromatic carbocycles. The zero-order chi connectivity index (χ0) is 25.6. The van der Waals surface area contributed by atoms with E-state index in [4.69, 9.17) is 0 Å². The van der Waals surface area contributed by atoms with E-state index in [1.54, 1.807) is 0 Å². The van der Waals surface area contributed by atoms with Gasteiger partial charge < -0.3 is 29.7 Å². The van der Waals surface area contributed by atoms with E-state index in [0.717, 1.165) is 49.4 Å². The predicted octanol–water partition coefficient (Wildman–Crippen LogP) is 2.44. The van der Waals surface area contributed by atoms with Crippen molar-refractivity contribution in [3.63, 3.8) is 0 Å². The molecule has 4 rings (SSSR count). The summed E-state index contributed by atoms with van der Waals surface area (Å²) in [5, 5.41) is 43.9. The molecule has 0 bridgehead atoms. The summed E-state index contributed by atoms with van der Waals surface area (Å²) >= 11 is 0. The molecule has 0 aromatic heterocycles. The third kappa shape index (κ3) is 5.35. The molecule has 4 fully saturated rings. The van der Waals surface area contributed by atoms with Gasteiger partial charge in [-0.1, -0.05) is 20.8 Å². The van der Waals surface area contributed by atoms with Crippen LogP contribution in [0.4, 0.5) is 0 Å². The summed E-state index contributed by atoms with van der Waals surface area (Å²) in [7, 11) is 8.50. The lowest BCUT2D eigenvalue weighted by Gasteiger charge is -2.63. The van der Waals surface area contributed by atoms with Gasteiger partial charge in [0.2, 0.25) is 0 Å². The molecule has 198 valence electrons. The number of hydrogen-bond acceptors (Lipinski definition) is 5. The van der Waals surface area contributed by atoms with E-state index in [1.807, 2.05) is 0 Å². The number of carbonyl (C=O) groups excluding carboxylic acids is 1. The number of quaternary nitrogens is 1. The Morgan fingerprint density at radius 1 is 1.00 bits per heavy atom. The highest BCUT2D eigenvalue weighted by molar-refractivity contribution is 5.64. The molecule has 0 saturated heterocycles. The standard InChI is InChI=1S/C24H40O5.C4H12N/c1-13(4-7-21(28)29)16-5-6-17-22-18(12-20(27)24(16,17)3)23(2)9-8-15(25)10-14(23)11-19(22)26;1-5(2,3)4/h13-20,22,25-27H,4-12H2,1-3H3,(H,28,29);1-4H3/q;+1/p-1. The minimum absolute atomic E-state index is 0.0747. The fraction of sp³-hybridized carbons (Fsp3) is 0.964. The Bertz CT molecular complexity index is 716. The van der Waals surface area contributed by atoms with Crippen LogP contribution in [0.5, 0.6) is 0 Å². The zero-order valence-corrected chi connectivity index (χ0v) is 22.7. The SMILES string of the molecule is CC(CCC(=O)[O-])C1CCC2C3C(O)CC4CC(O)CCC4(C)C3CC(O)C12C.C[N+](C)(C)C. The quantitative estimate of drug-likeness (QED) is 0.536. The second kappa shape index (κ2) is 9.99. The molecule has 0 aliphatic heterocycles. The Balaban J connectivity index is 0.000000588. The van der Waals surface area contributed by atoms with Crippen molar-refractivity contribution in [1.82, 2.24) is 0 Å². The van der Waals surface area contributed by atoms with E-state index in [1.165, 1.54) is 0 Å². The molecule has 11 unspecified atom stereocenters. The maximum atomic E-state index is 11.5. The van der Waals surface area contributed by atoms with Crippen LogP contribution in [0, 0.1) is 46.3 Å². The van der Waals surface area contributed by atoms with E-state index in [-0.39, 0.29) is 53.1 Å². The molecular formula is C28H51NO5. The lowest BCUT2D eigenvalue weighted by atomic mass is 9.43. The van der Waals surface area contributed by atoms with Crippen molar-refractivity contribution in [3.8, 4) is 0 Å². The van der Waals surface area contributed by atoms with E-state index in [0.29, 0.717) is 18.3 Å². The van der Waals surface area contributed by atoms with Gasteiger partial charge in [0.15, 0.2) is 0 Å². The Morgan fingerprint density at radius 2 is 1.62 bits per heavy atom. The van der Waals surface area contributed by atoms with Crippen molar-refractivity contribution >= 4 is 5.97 Å². The molecule has 0 aromatic rings. The van der Waals surface area contributed by atoms with E-state index < -0.39 is 12.1 Å². The van der Waals surface area contributed by atoms with Crippen molar-refractivity contribution < 1.29 is 29.7 Å². The van der Waals surface area contributed by atoms with Gasteiger partial charge in [0.05, 0.1) is 46.5 Å². The smallest absolute Gasteiger partial charge is 0.0675 e. The highest BCUT2D eigenvalue weighted by Crippen LogP contribution is 2.68. The Hall–Kier alpha value is -0.690. The van der Waals surface area contributed by atoms with E-state index >= 15 is 0 Å². The largest absolute Gasteiger partial charge is 0.550 e. The van der Waals surface area contributed by atoms with Crippen molar-refractivity contribution in [2.45, 2.75) is 96.9 Å². The van der Waals surface area contributed by atoms with Crippen molar-refractivity contribution in [2.75, 3.05) is 28.2 Å². The fourth-order valence-electron chi connectivity index (χ4n) is 8.68. The number of fused-ring (bicyclic) bond motifs is 5. The van der Waals surface area contributed by atoms with Crippen LogP contribution in [-0.4, -0.2) is 72.3 Å². The zero-order valence-electron chi connectivity index (χ0n) is 22.7. The second-order valence-electron chi connectivity index (χ2n) is 14.1. The highest BCUT2D eigenvalue weighted by atomic mass is 16.4. The number of carboxylic acids is 1. The molecule has 4 aliphatic carbocycles. The molecule has 6 heteroatoms. The van der Waals surface area contributed by atoms with Crippen LogP contribution in [0.3, 0.4) is 0 Å². The summed E-state index contributed by atoms with van der Waals surface area (Å²) in [6, 6.07) is 0. The second-order valence-corrected chi connectivity index (χ2v) is 14.1. The van der Waals surface area contributed by atoms with Crippen LogP contribution in [0.2, 0.25) is 0 Å². The molecule has 0 heterocycles. The summed E-state index contributed by atoms with van der Waals surface area (Å²) in [5.41, 5.74) is -0.172. The van der Waals surface area contributed by atoms with Gasteiger partial charge >= 0.3 is 0 Å². The average molecular weight is 482 g/mol. The highest BCUT2D eigenvalue weighted by Gasteiger charge is 2.65. The van der Waals surface area contributed by atoms with E-state index in [9.17, 15) is 25.2 Å². The average Bonchev–Trinajstić information content (AvgIpc) is 3.05. The van der Waals surface area contributed by atoms with Crippen molar-refractivity contribution in [1.29, 1.82) is 0 Å². The van der Waals surface area contributed by atoms with Crippen LogP contribution >= 0.6 is 0 Å². The summed E-state index contributed by atoms with van der Waals surface area (Å²) < 4.78 is 1.00. The molecule has 34 heavy (non-hydrogen) atoms. The number of carboxylic acid groups (broad SMARTS) is 1. The van der Waals surface area contributed by atoms with Gasteiger partial charge in [-0.15, -0.1) is 0 Å². The fourth-order valence-corrected chi connectivity index (χ4v) is 8.68. The normalized spacial score (nSPS) is 46.9. The molecule has 6 nitrogen and oxygen atoms in total. The van der Waals surface area contributed by atoms with Gasteiger partial charge in [-0.3, -0.25) is 0 Å². The first-order valence-electron chi connectivity index (χ1n) is 13.6. The van der Waals surface area contributed by atoms with Crippen molar-refractivity contribution in [3.05, 3.63) is 0 Å². The van der Waals surface area contributed by atoms with Gasteiger partial charge in [-0.2, -0.15) is 0 Å². The van der Waals surface area contributed by atoms with Crippen molar-refractivity contribution in [2.24, 2.45) is 46.3 Å². The number of aliphatic carboxylic acids is 1. The third-order valence-corrected chi connectivity index (χ3v) is 10.3. The molecule has 3 N–H and O–H groups in total. The molecule has 0 radical (unpaired) electrons. The number of aliphatic hydroxyl groups excluding tert-OH is 3. The summed E-state index contributed by atoms with van der Waals surface area (Å²) in [5.74, 6) is 0.635. The number of carbonyl (C=O) groups is 1. The van der Waals surface area contributed by atoms with Crippen LogP contribution in [0.1, 0.15) is 78.6 Å². The van der Waals surface area contributed by atoms with Gasteiger partial charge in [0, 0.05) is 5.97 Å².